The minimum absolute atomic E-state index is 0.242. The van der Waals surface area contributed by atoms with Crippen molar-refractivity contribution in [2.45, 2.75) is 52.0 Å². The Morgan fingerprint density at radius 3 is 2.05 bits per heavy atom. The van der Waals surface area contributed by atoms with E-state index in [4.69, 9.17) is 0 Å². The molecule has 1 atom stereocenters. The Morgan fingerprint density at radius 1 is 1.16 bits per heavy atom. The molecular weight excluding hydrogens is 262 g/mol. The Hall–Kier alpha value is -0.910. The van der Waals surface area contributed by atoms with Crippen molar-refractivity contribution in [2.75, 3.05) is 6.54 Å². The van der Waals surface area contributed by atoms with Crippen molar-refractivity contribution >= 4 is 10.0 Å². The molecule has 1 aromatic carbocycles. The highest BCUT2D eigenvalue weighted by atomic mass is 32.2. The van der Waals surface area contributed by atoms with Crippen molar-refractivity contribution in [3.63, 3.8) is 0 Å². The van der Waals surface area contributed by atoms with Crippen LogP contribution in [0.25, 0.3) is 0 Å². The number of rotatable bonds is 5. The Kier molecular flexibility index (Phi) is 5.12. The number of sulfonamides is 1. The highest BCUT2D eigenvalue weighted by Crippen LogP contribution is 2.25. The largest absolute Gasteiger partial charge is 0.393 e. The number of hydrogen-bond acceptors (Lipinski definition) is 3. The van der Waals surface area contributed by atoms with Crippen molar-refractivity contribution in [3.8, 4) is 0 Å². The smallest absolute Gasteiger partial charge is 0.241 e. The standard InChI is InChI=1S/C14H23NO3S/c1-9-8-10(2)13(5)14(12(9)4)19(17,18)15-7-6-11(3)16/h8,11,15-16H,6-7H2,1-5H3. The molecule has 0 saturated heterocycles. The lowest BCUT2D eigenvalue weighted by molar-refractivity contribution is 0.186. The van der Waals surface area contributed by atoms with Gasteiger partial charge in [0.2, 0.25) is 10.0 Å². The van der Waals surface area contributed by atoms with E-state index in [9.17, 15) is 13.5 Å². The highest BCUT2D eigenvalue weighted by Gasteiger charge is 2.21. The maximum Gasteiger partial charge on any atom is 0.241 e. The van der Waals surface area contributed by atoms with Gasteiger partial charge in [0.15, 0.2) is 0 Å². The highest BCUT2D eigenvalue weighted by molar-refractivity contribution is 7.89. The van der Waals surface area contributed by atoms with Crippen LogP contribution < -0.4 is 4.72 Å². The van der Waals surface area contributed by atoms with E-state index in [0.717, 1.165) is 22.3 Å². The molecule has 5 heteroatoms. The van der Waals surface area contributed by atoms with E-state index in [1.807, 2.05) is 33.8 Å². The first kappa shape index (κ1) is 16.1. The van der Waals surface area contributed by atoms with Crippen LogP contribution in [-0.2, 0) is 10.0 Å². The van der Waals surface area contributed by atoms with E-state index in [0.29, 0.717) is 11.3 Å². The molecule has 0 aliphatic carbocycles. The summed E-state index contributed by atoms with van der Waals surface area (Å²) in [7, 11) is -3.52. The topological polar surface area (TPSA) is 66.4 Å². The van der Waals surface area contributed by atoms with Gasteiger partial charge in [-0.2, -0.15) is 0 Å². The Balaban J connectivity index is 3.15. The van der Waals surface area contributed by atoms with Crippen LogP contribution in [0.4, 0.5) is 0 Å². The summed E-state index contributed by atoms with van der Waals surface area (Å²) >= 11 is 0. The monoisotopic (exact) mass is 285 g/mol. The summed E-state index contributed by atoms with van der Waals surface area (Å²) < 4.78 is 27.3. The SMILES string of the molecule is Cc1cc(C)c(C)c(S(=O)(=O)NCCC(C)O)c1C. The van der Waals surface area contributed by atoms with Gasteiger partial charge < -0.3 is 5.11 Å². The van der Waals surface area contributed by atoms with Crippen LogP contribution in [0.2, 0.25) is 0 Å². The van der Waals surface area contributed by atoms with Crippen molar-refractivity contribution in [1.82, 2.24) is 4.72 Å². The molecule has 0 aliphatic heterocycles. The summed E-state index contributed by atoms with van der Waals surface area (Å²) in [6.45, 7) is 9.36. The van der Waals surface area contributed by atoms with Gasteiger partial charge in [0, 0.05) is 6.54 Å². The van der Waals surface area contributed by atoms with Crippen molar-refractivity contribution in [3.05, 3.63) is 28.3 Å². The van der Waals surface area contributed by atoms with Crippen molar-refractivity contribution < 1.29 is 13.5 Å². The van der Waals surface area contributed by atoms with Crippen LogP contribution in [0.1, 0.15) is 35.6 Å². The molecule has 0 aromatic heterocycles. The summed E-state index contributed by atoms with van der Waals surface area (Å²) in [5.74, 6) is 0. The number of benzene rings is 1. The second kappa shape index (κ2) is 6.03. The second-order valence-corrected chi connectivity index (χ2v) is 6.83. The Bertz CT molecular complexity index is 536. The molecule has 0 heterocycles. The van der Waals surface area contributed by atoms with Crippen LogP contribution in [0.5, 0.6) is 0 Å². The first-order chi connectivity index (χ1) is 8.66. The van der Waals surface area contributed by atoms with Gasteiger partial charge in [0.05, 0.1) is 11.0 Å². The number of hydrogen-bond donors (Lipinski definition) is 2. The summed E-state index contributed by atoms with van der Waals surface area (Å²) in [6.07, 6.45) is -0.105. The number of aliphatic hydroxyl groups is 1. The van der Waals surface area contributed by atoms with Gasteiger partial charge in [-0.15, -0.1) is 0 Å². The number of aliphatic hydroxyl groups excluding tert-OH is 1. The molecule has 2 N–H and O–H groups in total. The van der Waals surface area contributed by atoms with Crippen LogP contribution >= 0.6 is 0 Å². The first-order valence-electron chi connectivity index (χ1n) is 6.42. The molecule has 1 aromatic rings. The maximum atomic E-state index is 12.4. The molecule has 4 nitrogen and oxygen atoms in total. The molecule has 19 heavy (non-hydrogen) atoms. The van der Waals surface area contributed by atoms with Crippen LogP contribution in [0, 0.1) is 27.7 Å². The summed E-state index contributed by atoms with van der Waals surface area (Å²) in [4.78, 5) is 0.371. The van der Waals surface area contributed by atoms with Crippen LogP contribution in [0.15, 0.2) is 11.0 Å². The molecule has 0 aliphatic rings. The molecule has 0 saturated carbocycles. The predicted molar refractivity (Wildman–Crippen MR) is 76.9 cm³/mol. The van der Waals surface area contributed by atoms with Gasteiger partial charge >= 0.3 is 0 Å². The maximum absolute atomic E-state index is 12.4. The fourth-order valence-electron chi connectivity index (χ4n) is 2.06. The van der Waals surface area contributed by atoms with Gasteiger partial charge in [0.25, 0.3) is 0 Å². The normalized spacial score (nSPS) is 13.6. The average Bonchev–Trinajstić information content (AvgIpc) is 2.25. The molecule has 0 spiro atoms. The molecule has 0 fully saturated rings. The fraction of sp³-hybridized carbons (Fsp3) is 0.571. The fourth-order valence-corrected chi connectivity index (χ4v) is 3.72. The third-order valence-electron chi connectivity index (χ3n) is 3.42. The molecule has 108 valence electrons. The zero-order valence-electron chi connectivity index (χ0n) is 12.2. The van der Waals surface area contributed by atoms with Gasteiger partial charge in [0.1, 0.15) is 0 Å². The zero-order valence-corrected chi connectivity index (χ0v) is 13.1. The van der Waals surface area contributed by atoms with E-state index < -0.39 is 16.1 Å². The molecule has 1 unspecified atom stereocenters. The summed E-state index contributed by atoms with van der Waals surface area (Å²) in [6, 6.07) is 2.00. The minimum Gasteiger partial charge on any atom is -0.393 e. The van der Waals surface area contributed by atoms with E-state index in [1.54, 1.807) is 6.92 Å². The van der Waals surface area contributed by atoms with E-state index >= 15 is 0 Å². The van der Waals surface area contributed by atoms with Crippen LogP contribution in [-0.4, -0.2) is 26.2 Å². The van der Waals surface area contributed by atoms with Gasteiger partial charge in [-0.25, -0.2) is 13.1 Å². The zero-order chi connectivity index (χ0) is 14.8. The quantitative estimate of drug-likeness (QED) is 0.869. The third-order valence-corrected chi connectivity index (χ3v) is 5.15. The molecular formula is C14H23NO3S. The number of aryl methyl sites for hydroxylation is 2. The summed E-state index contributed by atoms with van der Waals surface area (Å²) in [5, 5.41) is 9.18. The van der Waals surface area contributed by atoms with Gasteiger partial charge in [-0.3, -0.25) is 0 Å². The van der Waals surface area contributed by atoms with E-state index in [-0.39, 0.29) is 6.54 Å². The lowest BCUT2D eigenvalue weighted by Gasteiger charge is -2.16. The lowest BCUT2D eigenvalue weighted by atomic mass is 10.0. The minimum atomic E-state index is -3.52. The van der Waals surface area contributed by atoms with E-state index in [2.05, 4.69) is 4.72 Å². The average molecular weight is 285 g/mol. The molecule has 0 amide bonds. The van der Waals surface area contributed by atoms with Gasteiger partial charge in [-0.1, -0.05) is 6.07 Å². The summed E-state index contributed by atoms with van der Waals surface area (Å²) in [5.41, 5.74) is 3.51. The Morgan fingerprint density at radius 2 is 1.63 bits per heavy atom. The van der Waals surface area contributed by atoms with Gasteiger partial charge in [-0.05, 0) is 63.3 Å². The second-order valence-electron chi connectivity index (χ2n) is 5.12. The first-order valence-corrected chi connectivity index (χ1v) is 7.90. The molecule has 1 rings (SSSR count). The lowest BCUT2D eigenvalue weighted by Crippen LogP contribution is -2.28. The van der Waals surface area contributed by atoms with Crippen molar-refractivity contribution in [1.29, 1.82) is 0 Å². The molecule has 0 bridgehead atoms. The van der Waals surface area contributed by atoms with Crippen LogP contribution in [0.3, 0.4) is 0 Å². The van der Waals surface area contributed by atoms with Crippen molar-refractivity contribution in [2.24, 2.45) is 0 Å². The predicted octanol–water partition coefficient (Wildman–Crippen LogP) is 1.97. The van der Waals surface area contributed by atoms with E-state index in [1.165, 1.54) is 0 Å². The molecule has 0 radical (unpaired) electrons. The third kappa shape index (κ3) is 3.78. The number of nitrogens with one attached hydrogen (secondary N) is 1. The Labute approximate surface area is 115 Å².